The molecule has 0 radical (unpaired) electrons. The SMILES string of the molecule is N=Cc1cc(Cl)c(C2CCN(C3COC3)CC2)cc1Nc1cn[nH]c1. The number of aromatic amines is 1. The van der Waals surface area contributed by atoms with Crippen molar-refractivity contribution in [2.75, 3.05) is 31.6 Å². The van der Waals surface area contributed by atoms with Gasteiger partial charge in [0.15, 0.2) is 0 Å². The zero-order chi connectivity index (χ0) is 17.2. The molecule has 3 N–H and O–H groups in total. The van der Waals surface area contributed by atoms with Gasteiger partial charge in [0.05, 0.1) is 31.1 Å². The summed E-state index contributed by atoms with van der Waals surface area (Å²) in [6, 6.07) is 4.59. The minimum Gasteiger partial charge on any atom is -0.378 e. The first-order chi connectivity index (χ1) is 12.2. The van der Waals surface area contributed by atoms with E-state index in [9.17, 15) is 0 Å². The van der Waals surface area contributed by atoms with Gasteiger partial charge in [-0.05, 0) is 49.5 Å². The molecule has 0 bridgehead atoms. The Hall–Kier alpha value is -1.89. The Morgan fingerprint density at radius 1 is 1.32 bits per heavy atom. The zero-order valence-corrected chi connectivity index (χ0v) is 14.7. The highest BCUT2D eigenvalue weighted by Crippen LogP contribution is 2.37. The Balaban J connectivity index is 1.53. The number of piperidine rings is 1. The lowest BCUT2D eigenvalue weighted by molar-refractivity contribution is -0.0712. The second-order valence-corrected chi connectivity index (χ2v) is 7.13. The summed E-state index contributed by atoms with van der Waals surface area (Å²) >= 11 is 6.55. The molecular weight excluding hydrogens is 338 g/mol. The minimum atomic E-state index is 0.453. The van der Waals surface area contributed by atoms with Gasteiger partial charge in [-0.25, -0.2) is 0 Å². The van der Waals surface area contributed by atoms with E-state index in [1.54, 1.807) is 12.4 Å². The van der Waals surface area contributed by atoms with Gasteiger partial charge in [0.1, 0.15) is 0 Å². The number of rotatable bonds is 5. The van der Waals surface area contributed by atoms with Gasteiger partial charge in [-0.2, -0.15) is 5.10 Å². The van der Waals surface area contributed by atoms with Crippen molar-refractivity contribution in [3.63, 3.8) is 0 Å². The van der Waals surface area contributed by atoms with Gasteiger partial charge in [0, 0.05) is 28.7 Å². The molecule has 0 spiro atoms. The van der Waals surface area contributed by atoms with E-state index in [0.29, 0.717) is 12.0 Å². The fraction of sp³-hybridized carbons (Fsp3) is 0.444. The highest BCUT2D eigenvalue weighted by Gasteiger charge is 2.30. The number of likely N-dealkylation sites (tertiary alicyclic amines) is 1. The fourth-order valence-corrected chi connectivity index (χ4v) is 3.96. The van der Waals surface area contributed by atoms with Crippen LogP contribution >= 0.6 is 11.6 Å². The quantitative estimate of drug-likeness (QED) is 0.715. The summed E-state index contributed by atoms with van der Waals surface area (Å²) in [6.45, 7) is 3.92. The summed E-state index contributed by atoms with van der Waals surface area (Å²) in [5.41, 5.74) is 3.71. The van der Waals surface area contributed by atoms with E-state index in [1.165, 1.54) is 11.8 Å². The van der Waals surface area contributed by atoms with Crippen molar-refractivity contribution in [3.05, 3.63) is 40.7 Å². The van der Waals surface area contributed by atoms with Gasteiger partial charge in [-0.3, -0.25) is 10.00 Å². The lowest BCUT2D eigenvalue weighted by Crippen LogP contribution is -2.51. The first-order valence-corrected chi connectivity index (χ1v) is 9.04. The second kappa shape index (κ2) is 7.15. The molecule has 2 aliphatic heterocycles. The van der Waals surface area contributed by atoms with Gasteiger partial charge in [0.2, 0.25) is 0 Å². The molecular formula is C18H22ClN5O. The van der Waals surface area contributed by atoms with E-state index < -0.39 is 0 Å². The van der Waals surface area contributed by atoms with Crippen molar-refractivity contribution in [1.29, 1.82) is 5.41 Å². The molecule has 0 atom stereocenters. The summed E-state index contributed by atoms with van der Waals surface area (Å²) < 4.78 is 5.31. The maximum atomic E-state index is 7.66. The van der Waals surface area contributed by atoms with Crippen LogP contribution < -0.4 is 5.32 Å². The highest BCUT2D eigenvalue weighted by molar-refractivity contribution is 6.32. The van der Waals surface area contributed by atoms with Crippen molar-refractivity contribution in [1.82, 2.24) is 15.1 Å². The van der Waals surface area contributed by atoms with Gasteiger partial charge >= 0.3 is 0 Å². The third-order valence-electron chi connectivity index (χ3n) is 5.21. The van der Waals surface area contributed by atoms with Crippen LogP contribution in [0, 0.1) is 5.41 Å². The molecule has 0 amide bonds. The average molecular weight is 360 g/mol. The van der Waals surface area contributed by atoms with Crippen LogP contribution in [0.5, 0.6) is 0 Å². The van der Waals surface area contributed by atoms with E-state index in [0.717, 1.165) is 61.1 Å². The summed E-state index contributed by atoms with van der Waals surface area (Å²) in [7, 11) is 0. The van der Waals surface area contributed by atoms with Crippen molar-refractivity contribution in [3.8, 4) is 0 Å². The topological polar surface area (TPSA) is 77.0 Å². The van der Waals surface area contributed by atoms with Crippen LogP contribution in [0.15, 0.2) is 24.5 Å². The van der Waals surface area contributed by atoms with Crippen molar-refractivity contribution in [2.24, 2.45) is 0 Å². The molecule has 2 saturated heterocycles. The van der Waals surface area contributed by atoms with Crippen LogP contribution in [0.3, 0.4) is 0 Å². The maximum absolute atomic E-state index is 7.66. The number of hydrogen-bond donors (Lipinski definition) is 3. The Kier molecular flexibility index (Phi) is 4.74. The Morgan fingerprint density at radius 2 is 2.12 bits per heavy atom. The number of hydrogen-bond acceptors (Lipinski definition) is 5. The first kappa shape index (κ1) is 16.6. The van der Waals surface area contributed by atoms with Crippen LogP contribution in [0.4, 0.5) is 11.4 Å². The number of nitrogens with one attached hydrogen (secondary N) is 3. The predicted octanol–water partition coefficient (Wildman–Crippen LogP) is 3.38. The van der Waals surface area contributed by atoms with Crippen molar-refractivity contribution in [2.45, 2.75) is 24.8 Å². The molecule has 4 rings (SSSR count). The highest BCUT2D eigenvalue weighted by atomic mass is 35.5. The molecule has 3 heterocycles. The lowest BCUT2D eigenvalue weighted by atomic mass is 9.87. The number of anilines is 2. The molecule has 6 nitrogen and oxygen atoms in total. The molecule has 0 aliphatic carbocycles. The number of halogens is 1. The Morgan fingerprint density at radius 3 is 2.72 bits per heavy atom. The first-order valence-electron chi connectivity index (χ1n) is 8.66. The van der Waals surface area contributed by atoms with Crippen LogP contribution in [0.2, 0.25) is 5.02 Å². The van der Waals surface area contributed by atoms with E-state index in [4.69, 9.17) is 21.7 Å². The van der Waals surface area contributed by atoms with Gasteiger partial charge in [0.25, 0.3) is 0 Å². The van der Waals surface area contributed by atoms with Gasteiger partial charge < -0.3 is 15.5 Å². The number of H-pyrrole nitrogens is 1. The third-order valence-corrected chi connectivity index (χ3v) is 5.54. The molecule has 1 aromatic carbocycles. The fourth-order valence-electron chi connectivity index (χ4n) is 3.63. The normalized spacial score (nSPS) is 19.6. The lowest BCUT2D eigenvalue weighted by Gasteiger charge is -2.41. The maximum Gasteiger partial charge on any atom is 0.0767 e. The number of benzene rings is 1. The average Bonchev–Trinajstić information content (AvgIpc) is 3.08. The molecule has 0 saturated carbocycles. The van der Waals surface area contributed by atoms with Crippen molar-refractivity contribution < 1.29 is 4.74 Å². The molecule has 132 valence electrons. The largest absolute Gasteiger partial charge is 0.378 e. The Bertz CT molecular complexity index is 736. The predicted molar refractivity (Wildman–Crippen MR) is 99.4 cm³/mol. The van der Waals surface area contributed by atoms with E-state index in [-0.39, 0.29) is 0 Å². The second-order valence-electron chi connectivity index (χ2n) is 6.72. The summed E-state index contributed by atoms with van der Waals surface area (Å²) in [6.07, 6.45) is 7.05. The molecule has 1 aromatic heterocycles. The Labute approximate surface area is 152 Å². The smallest absolute Gasteiger partial charge is 0.0767 e. The summed E-state index contributed by atoms with van der Waals surface area (Å²) in [5.74, 6) is 0.453. The standard InChI is InChI=1S/C18H22ClN5O/c19-17-5-13(7-20)18(23-14-8-21-22-9-14)6-16(17)12-1-3-24(4-2-12)15-10-25-11-15/h5-9,12,15,20,23H,1-4,10-11H2,(H,21,22). The monoisotopic (exact) mass is 359 g/mol. The van der Waals surface area contributed by atoms with Crippen LogP contribution in [-0.4, -0.2) is 53.7 Å². The minimum absolute atomic E-state index is 0.453. The van der Waals surface area contributed by atoms with Crippen LogP contribution in [0.1, 0.15) is 29.9 Å². The number of ether oxygens (including phenoxy) is 1. The summed E-state index contributed by atoms with van der Waals surface area (Å²) in [4.78, 5) is 2.53. The van der Waals surface area contributed by atoms with E-state index in [2.05, 4.69) is 26.5 Å². The van der Waals surface area contributed by atoms with E-state index >= 15 is 0 Å². The third kappa shape index (κ3) is 3.42. The molecule has 2 aliphatic rings. The summed E-state index contributed by atoms with van der Waals surface area (Å²) in [5, 5.41) is 18.5. The van der Waals surface area contributed by atoms with Crippen LogP contribution in [0.25, 0.3) is 0 Å². The number of aromatic nitrogens is 2. The molecule has 7 heteroatoms. The molecule has 2 fully saturated rings. The number of nitrogens with zero attached hydrogens (tertiary/aromatic N) is 2. The van der Waals surface area contributed by atoms with Crippen molar-refractivity contribution >= 4 is 29.2 Å². The molecule has 25 heavy (non-hydrogen) atoms. The van der Waals surface area contributed by atoms with Gasteiger partial charge in [-0.1, -0.05) is 11.6 Å². The van der Waals surface area contributed by atoms with Gasteiger partial charge in [-0.15, -0.1) is 0 Å². The van der Waals surface area contributed by atoms with Crippen LogP contribution in [-0.2, 0) is 4.74 Å². The molecule has 0 unspecified atom stereocenters. The van der Waals surface area contributed by atoms with E-state index in [1.807, 2.05) is 6.07 Å². The molecule has 2 aromatic rings. The zero-order valence-electron chi connectivity index (χ0n) is 14.0.